The summed E-state index contributed by atoms with van der Waals surface area (Å²) in [6.07, 6.45) is 1.27. The molecule has 27 heavy (non-hydrogen) atoms. The van der Waals surface area contributed by atoms with E-state index in [4.69, 9.17) is 10.5 Å². The maximum Gasteiger partial charge on any atom is 0.339 e. The molecule has 0 radical (unpaired) electrons. The van der Waals surface area contributed by atoms with E-state index < -0.39 is 28.6 Å². The number of hydrogen-bond donors (Lipinski definition) is 2. The van der Waals surface area contributed by atoms with Crippen molar-refractivity contribution < 1.29 is 19.2 Å². The quantitative estimate of drug-likeness (QED) is 0.327. The fraction of sp³-hybridized carbons (Fsp3) is 0.353. The molecule has 0 bridgehead atoms. The molecule has 10 nitrogen and oxygen atoms in total. The number of esters is 1. The van der Waals surface area contributed by atoms with Crippen molar-refractivity contribution in [3.63, 3.8) is 0 Å². The third kappa shape index (κ3) is 4.60. The van der Waals surface area contributed by atoms with Crippen molar-refractivity contribution in [3.8, 4) is 0 Å². The Morgan fingerprint density at radius 1 is 1.37 bits per heavy atom. The van der Waals surface area contributed by atoms with Gasteiger partial charge in [0.1, 0.15) is 11.5 Å². The van der Waals surface area contributed by atoms with Gasteiger partial charge in [0.2, 0.25) is 0 Å². The number of aromatic nitrogens is 2. The minimum Gasteiger partial charge on any atom is -0.449 e. The summed E-state index contributed by atoms with van der Waals surface area (Å²) in [6, 6.07) is 5.28. The summed E-state index contributed by atoms with van der Waals surface area (Å²) in [7, 11) is 0. The Morgan fingerprint density at radius 2 is 2.07 bits per heavy atom. The van der Waals surface area contributed by atoms with Crippen LogP contribution in [0, 0.1) is 10.1 Å². The second kappa shape index (κ2) is 8.30. The molecule has 10 heteroatoms. The molecular formula is C17H21N5O5. The number of carbonyl (C=O) groups is 2. The predicted molar refractivity (Wildman–Crippen MR) is 98.2 cm³/mol. The van der Waals surface area contributed by atoms with Gasteiger partial charge in [-0.25, -0.2) is 9.48 Å². The summed E-state index contributed by atoms with van der Waals surface area (Å²) in [4.78, 5) is 34.7. The van der Waals surface area contributed by atoms with Gasteiger partial charge in [0, 0.05) is 12.1 Å². The second-order valence-corrected chi connectivity index (χ2v) is 5.99. The minimum atomic E-state index is -1.12. The number of nitrogens with one attached hydrogen (secondary N) is 1. The zero-order chi connectivity index (χ0) is 20.1. The SMILES string of the molecule is CC[C@@H](C)n1nccc1NC(=O)[C@@H](C)OC(=O)c1ccc(N)c([N+](=O)[O-])c1. The Hall–Kier alpha value is -3.43. The molecule has 0 spiro atoms. The first-order chi connectivity index (χ1) is 12.7. The van der Waals surface area contributed by atoms with Crippen LogP contribution in [-0.2, 0) is 9.53 Å². The first-order valence-electron chi connectivity index (χ1n) is 8.33. The van der Waals surface area contributed by atoms with Crippen LogP contribution in [0.1, 0.15) is 43.6 Å². The number of benzene rings is 1. The van der Waals surface area contributed by atoms with Gasteiger partial charge in [-0.05, 0) is 32.4 Å². The molecule has 0 aliphatic rings. The van der Waals surface area contributed by atoms with E-state index in [9.17, 15) is 19.7 Å². The zero-order valence-electron chi connectivity index (χ0n) is 15.2. The monoisotopic (exact) mass is 375 g/mol. The molecule has 1 aromatic carbocycles. The molecule has 0 saturated heterocycles. The first kappa shape index (κ1) is 19.9. The van der Waals surface area contributed by atoms with Crippen LogP contribution in [0.15, 0.2) is 30.5 Å². The molecule has 144 valence electrons. The molecule has 1 amide bonds. The number of amides is 1. The van der Waals surface area contributed by atoms with Crippen LogP contribution in [-0.4, -0.2) is 32.7 Å². The lowest BCUT2D eigenvalue weighted by Gasteiger charge is -2.17. The third-order valence-electron chi connectivity index (χ3n) is 4.05. The zero-order valence-corrected chi connectivity index (χ0v) is 15.2. The van der Waals surface area contributed by atoms with E-state index in [0.29, 0.717) is 5.82 Å². The molecule has 3 N–H and O–H groups in total. The smallest absolute Gasteiger partial charge is 0.339 e. The number of nitrogens with two attached hydrogens (primary N) is 1. The van der Waals surface area contributed by atoms with Gasteiger partial charge in [0.15, 0.2) is 6.10 Å². The van der Waals surface area contributed by atoms with Crippen LogP contribution in [0.5, 0.6) is 0 Å². The van der Waals surface area contributed by atoms with Crippen LogP contribution < -0.4 is 11.1 Å². The van der Waals surface area contributed by atoms with Gasteiger partial charge in [0.25, 0.3) is 11.6 Å². The summed E-state index contributed by atoms with van der Waals surface area (Å²) in [5.74, 6) is -0.921. The predicted octanol–water partition coefficient (Wildman–Crippen LogP) is 2.53. The van der Waals surface area contributed by atoms with Crippen molar-refractivity contribution in [1.29, 1.82) is 0 Å². The Labute approximate surface area is 155 Å². The molecule has 0 fully saturated rings. The molecule has 2 aromatic rings. The second-order valence-electron chi connectivity index (χ2n) is 5.99. The van der Waals surface area contributed by atoms with E-state index >= 15 is 0 Å². The van der Waals surface area contributed by atoms with Gasteiger partial charge in [-0.1, -0.05) is 6.92 Å². The van der Waals surface area contributed by atoms with Crippen LogP contribution in [0.2, 0.25) is 0 Å². The van der Waals surface area contributed by atoms with Crippen molar-refractivity contribution in [3.05, 3.63) is 46.1 Å². The summed E-state index contributed by atoms with van der Waals surface area (Å²) in [6.45, 7) is 5.36. The fourth-order valence-corrected chi connectivity index (χ4v) is 2.28. The van der Waals surface area contributed by atoms with Crippen molar-refractivity contribution >= 4 is 29.1 Å². The van der Waals surface area contributed by atoms with E-state index in [1.165, 1.54) is 19.1 Å². The molecule has 2 rings (SSSR count). The molecule has 0 unspecified atom stereocenters. The molecule has 1 heterocycles. The Morgan fingerprint density at radius 3 is 2.70 bits per heavy atom. The van der Waals surface area contributed by atoms with Crippen LogP contribution >= 0.6 is 0 Å². The van der Waals surface area contributed by atoms with Crippen molar-refractivity contribution in [2.75, 3.05) is 11.1 Å². The summed E-state index contributed by atoms with van der Waals surface area (Å²) < 4.78 is 6.77. The number of hydrogen-bond acceptors (Lipinski definition) is 7. The first-order valence-corrected chi connectivity index (χ1v) is 8.33. The van der Waals surface area contributed by atoms with E-state index in [1.54, 1.807) is 16.9 Å². The Kier molecular flexibility index (Phi) is 6.11. The molecule has 1 aromatic heterocycles. The summed E-state index contributed by atoms with van der Waals surface area (Å²) in [5.41, 5.74) is 4.96. The highest BCUT2D eigenvalue weighted by Crippen LogP contribution is 2.23. The lowest BCUT2D eigenvalue weighted by atomic mass is 10.2. The average molecular weight is 375 g/mol. The highest BCUT2D eigenvalue weighted by atomic mass is 16.6. The largest absolute Gasteiger partial charge is 0.449 e. The van der Waals surface area contributed by atoms with Crippen LogP contribution in [0.4, 0.5) is 17.2 Å². The topological polar surface area (TPSA) is 142 Å². The molecule has 2 atom stereocenters. The number of nitrogen functional groups attached to an aromatic ring is 1. The highest BCUT2D eigenvalue weighted by Gasteiger charge is 2.23. The van der Waals surface area contributed by atoms with Crippen molar-refractivity contribution in [1.82, 2.24) is 9.78 Å². The van der Waals surface area contributed by atoms with Crippen LogP contribution in [0.3, 0.4) is 0 Å². The van der Waals surface area contributed by atoms with Gasteiger partial charge < -0.3 is 15.8 Å². The van der Waals surface area contributed by atoms with Crippen molar-refractivity contribution in [2.45, 2.75) is 39.3 Å². The fourth-order valence-electron chi connectivity index (χ4n) is 2.28. The number of ether oxygens (including phenoxy) is 1. The number of anilines is 2. The lowest BCUT2D eigenvalue weighted by molar-refractivity contribution is -0.383. The molecule has 0 aliphatic carbocycles. The minimum absolute atomic E-state index is 0.0688. The van der Waals surface area contributed by atoms with E-state index in [1.807, 2.05) is 13.8 Å². The molecule has 0 saturated carbocycles. The van der Waals surface area contributed by atoms with Crippen molar-refractivity contribution in [2.24, 2.45) is 0 Å². The number of nitro benzene ring substituents is 1. The van der Waals surface area contributed by atoms with Gasteiger partial charge in [-0.3, -0.25) is 14.9 Å². The maximum absolute atomic E-state index is 12.3. The number of rotatable bonds is 7. The van der Waals surface area contributed by atoms with Crippen LogP contribution in [0.25, 0.3) is 0 Å². The van der Waals surface area contributed by atoms with E-state index in [0.717, 1.165) is 12.5 Å². The maximum atomic E-state index is 12.3. The van der Waals surface area contributed by atoms with Gasteiger partial charge in [-0.2, -0.15) is 5.10 Å². The van der Waals surface area contributed by atoms with Gasteiger partial charge >= 0.3 is 5.97 Å². The normalized spacial score (nSPS) is 12.9. The number of carbonyl (C=O) groups excluding carboxylic acids is 2. The highest BCUT2D eigenvalue weighted by molar-refractivity contribution is 5.97. The number of nitrogens with zero attached hydrogens (tertiary/aromatic N) is 3. The van der Waals surface area contributed by atoms with Gasteiger partial charge in [-0.15, -0.1) is 0 Å². The molecular weight excluding hydrogens is 354 g/mol. The standard InChI is InChI=1S/C17H21N5O5/c1-4-10(2)21-15(7-8-19-21)20-16(23)11(3)27-17(24)12-5-6-13(18)14(9-12)22(25)26/h5-11H,4,18H2,1-3H3,(H,20,23)/t10-,11-/m1/s1. The van der Waals surface area contributed by atoms with E-state index in [-0.39, 0.29) is 17.3 Å². The number of nitro groups is 1. The molecule has 0 aliphatic heterocycles. The summed E-state index contributed by atoms with van der Waals surface area (Å²) >= 11 is 0. The average Bonchev–Trinajstić information content (AvgIpc) is 3.09. The Balaban J connectivity index is 2.06. The lowest BCUT2D eigenvalue weighted by Crippen LogP contribution is -2.31. The van der Waals surface area contributed by atoms with Gasteiger partial charge in [0.05, 0.1) is 22.7 Å². The van der Waals surface area contributed by atoms with E-state index in [2.05, 4.69) is 10.4 Å². The Bertz CT molecular complexity index is 863. The summed E-state index contributed by atoms with van der Waals surface area (Å²) in [5, 5.41) is 17.7. The third-order valence-corrected chi connectivity index (χ3v) is 4.05.